The van der Waals surface area contributed by atoms with E-state index in [9.17, 15) is 0 Å². The molecule has 0 bridgehead atoms. The Balaban J connectivity index is 0.00000338. The van der Waals surface area contributed by atoms with E-state index in [2.05, 4.69) is 74.1 Å². The van der Waals surface area contributed by atoms with Crippen LogP contribution < -0.4 is 5.32 Å². The number of hydrogen-bond acceptors (Lipinski definition) is 3. The van der Waals surface area contributed by atoms with E-state index in [4.69, 9.17) is 4.99 Å². The SMILES string of the molecule is C=CCNC(=NCCn1cnnc1CC)N(C)Cc1ccc(Br)cc1.I. The highest BCUT2D eigenvalue weighted by atomic mass is 127. The molecule has 26 heavy (non-hydrogen) atoms. The number of nitrogens with one attached hydrogen (secondary N) is 1. The van der Waals surface area contributed by atoms with Crippen LogP contribution in [0, 0.1) is 0 Å². The number of aromatic nitrogens is 3. The molecule has 0 saturated heterocycles. The van der Waals surface area contributed by atoms with Gasteiger partial charge < -0.3 is 14.8 Å². The van der Waals surface area contributed by atoms with Crippen molar-refractivity contribution in [2.75, 3.05) is 20.1 Å². The molecule has 0 aliphatic heterocycles. The van der Waals surface area contributed by atoms with Gasteiger partial charge >= 0.3 is 0 Å². The fourth-order valence-electron chi connectivity index (χ4n) is 2.42. The lowest BCUT2D eigenvalue weighted by atomic mass is 10.2. The number of rotatable bonds is 8. The molecular weight excluding hydrogens is 507 g/mol. The van der Waals surface area contributed by atoms with Crippen LogP contribution in [-0.4, -0.2) is 45.8 Å². The maximum atomic E-state index is 4.72. The van der Waals surface area contributed by atoms with Crippen molar-refractivity contribution in [1.82, 2.24) is 25.0 Å². The van der Waals surface area contributed by atoms with Crippen LogP contribution in [0.4, 0.5) is 0 Å². The average Bonchev–Trinajstić information content (AvgIpc) is 3.07. The van der Waals surface area contributed by atoms with Gasteiger partial charge in [0.1, 0.15) is 12.2 Å². The summed E-state index contributed by atoms with van der Waals surface area (Å²) in [6.07, 6.45) is 4.46. The molecule has 0 spiro atoms. The smallest absolute Gasteiger partial charge is 0.194 e. The Kier molecular flexibility index (Phi) is 10.5. The van der Waals surface area contributed by atoms with Crippen LogP contribution >= 0.6 is 39.9 Å². The third kappa shape index (κ3) is 7.06. The molecular formula is C18H26BrIN6. The highest BCUT2D eigenvalue weighted by Crippen LogP contribution is 2.11. The topological polar surface area (TPSA) is 58.3 Å². The van der Waals surface area contributed by atoms with Gasteiger partial charge in [0.25, 0.3) is 0 Å². The normalized spacial score (nSPS) is 11.0. The molecule has 0 aliphatic carbocycles. The molecule has 0 unspecified atom stereocenters. The predicted octanol–water partition coefficient (Wildman–Crippen LogP) is 3.48. The molecule has 1 aromatic heterocycles. The Bertz CT molecular complexity index is 698. The molecule has 2 aromatic rings. The zero-order valence-corrected chi connectivity index (χ0v) is 19.1. The van der Waals surface area contributed by atoms with E-state index in [-0.39, 0.29) is 24.0 Å². The van der Waals surface area contributed by atoms with Crippen molar-refractivity contribution in [3.05, 3.63) is 59.1 Å². The summed E-state index contributed by atoms with van der Waals surface area (Å²) in [4.78, 5) is 6.83. The van der Waals surface area contributed by atoms with Gasteiger partial charge in [-0.2, -0.15) is 0 Å². The van der Waals surface area contributed by atoms with Gasteiger partial charge in [-0.15, -0.1) is 40.8 Å². The van der Waals surface area contributed by atoms with Crippen LogP contribution in [0.5, 0.6) is 0 Å². The molecule has 1 heterocycles. The minimum Gasteiger partial charge on any atom is -0.353 e. The molecule has 2 rings (SSSR count). The lowest BCUT2D eigenvalue weighted by molar-refractivity contribution is 0.477. The molecule has 142 valence electrons. The number of aliphatic imine (C=N–C) groups is 1. The second kappa shape index (κ2) is 12.1. The first-order chi connectivity index (χ1) is 12.1. The standard InChI is InChI=1S/C18H25BrN6.HI/c1-4-10-20-18(21-11-12-25-14-22-23-17(25)5-2)24(3)13-15-6-8-16(19)9-7-15;/h4,6-9,14H,1,5,10-13H2,2-3H3,(H,20,21);1H. The minimum atomic E-state index is 0. The van der Waals surface area contributed by atoms with Crippen LogP contribution in [0.25, 0.3) is 0 Å². The average molecular weight is 533 g/mol. The number of nitrogens with zero attached hydrogens (tertiary/aromatic N) is 5. The second-order valence-corrected chi connectivity index (χ2v) is 6.57. The van der Waals surface area contributed by atoms with Crippen molar-refractivity contribution in [3.8, 4) is 0 Å². The van der Waals surface area contributed by atoms with E-state index in [1.165, 1.54) is 5.56 Å². The monoisotopic (exact) mass is 532 g/mol. The maximum Gasteiger partial charge on any atom is 0.194 e. The van der Waals surface area contributed by atoms with E-state index >= 15 is 0 Å². The van der Waals surface area contributed by atoms with Gasteiger partial charge in [0, 0.05) is 37.6 Å². The fourth-order valence-corrected chi connectivity index (χ4v) is 2.68. The lowest BCUT2D eigenvalue weighted by Crippen LogP contribution is -2.38. The van der Waals surface area contributed by atoms with Gasteiger partial charge in [-0.3, -0.25) is 4.99 Å². The molecule has 0 fully saturated rings. The molecule has 1 aromatic carbocycles. The maximum absolute atomic E-state index is 4.72. The zero-order valence-electron chi connectivity index (χ0n) is 15.2. The Morgan fingerprint density at radius 3 is 2.77 bits per heavy atom. The third-order valence-electron chi connectivity index (χ3n) is 3.71. The Hall–Kier alpha value is -1.42. The fraction of sp³-hybridized carbons (Fsp3) is 0.389. The van der Waals surface area contributed by atoms with Crippen LogP contribution in [0.1, 0.15) is 18.3 Å². The van der Waals surface area contributed by atoms with Crippen molar-refractivity contribution >= 4 is 45.9 Å². The Morgan fingerprint density at radius 2 is 2.12 bits per heavy atom. The second-order valence-electron chi connectivity index (χ2n) is 5.65. The van der Waals surface area contributed by atoms with E-state index in [0.717, 1.165) is 35.8 Å². The molecule has 0 amide bonds. The van der Waals surface area contributed by atoms with Crippen molar-refractivity contribution in [2.24, 2.45) is 4.99 Å². The Morgan fingerprint density at radius 1 is 1.38 bits per heavy atom. The molecule has 8 heteroatoms. The van der Waals surface area contributed by atoms with Crippen LogP contribution in [0.15, 0.2) is 52.7 Å². The van der Waals surface area contributed by atoms with E-state index in [0.29, 0.717) is 13.1 Å². The highest BCUT2D eigenvalue weighted by Gasteiger charge is 2.07. The van der Waals surface area contributed by atoms with Crippen molar-refractivity contribution < 1.29 is 0 Å². The summed E-state index contributed by atoms with van der Waals surface area (Å²) in [7, 11) is 2.03. The number of hydrogen-bond donors (Lipinski definition) is 1. The number of guanidine groups is 1. The Labute approximate surface area is 180 Å². The summed E-state index contributed by atoms with van der Waals surface area (Å²) in [5, 5.41) is 11.4. The number of aryl methyl sites for hydroxylation is 1. The van der Waals surface area contributed by atoms with Crippen molar-refractivity contribution in [3.63, 3.8) is 0 Å². The number of halogens is 2. The third-order valence-corrected chi connectivity index (χ3v) is 4.24. The van der Waals surface area contributed by atoms with E-state index in [1.807, 2.05) is 17.7 Å². The first-order valence-electron chi connectivity index (χ1n) is 8.35. The first kappa shape index (κ1) is 22.6. The summed E-state index contributed by atoms with van der Waals surface area (Å²) in [6, 6.07) is 8.32. The summed E-state index contributed by atoms with van der Waals surface area (Å²) in [5.41, 5.74) is 1.23. The van der Waals surface area contributed by atoms with Gasteiger partial charge in [0.2, 0.25) is 0 Å². The van der Waals surface area contributed by atoms with Crippen molar-refractivity contribution in [1.29, 1.82) is 0 Å². The first-order valence-corrected chi connectivity index (χ1v) is 9.14. The number of benzene rings is 1. The minimum absolute atomic E-state index is 0. The van der Waals surface area contributed by atoms with E-state index in [1.54, 1.807) is 6.33 Å². The van der Waals surface area contributed by atoms with Gasteiger partial charge in [0.05, 0.1) is 6.54 Å². The highest BCUT2D eigenvalue weighted by molar-refractivity contribution is 14.0. The van der Waals surface area contributed by atoms with Crippen LogP contribution in [0.2, 0.25) is 0 Å². The van der Waals surface area contributed by atoms with Crippen LogP contribution in [0.3, 0.4) is 0 Å². The molecule has 0 radical (unpaired) electrons. The van der Waals surface area contributed by atoms with Gasteiger partial charge in [0.15, 0.2) is 5.96 Å². The summed E-state index contributed by atoms with van der Waals surface area (Å²) < 4.78 is 3.13. The summed E-state index contributed by atoms with van der Waals surface area (Å²) >= 11 is 3.47. The largest absolute Gasteiger partial charge is 0.353 e. The molecule has 0 saturated carbocycles. The quantitative estimate of drug-likeness (QED) is 0.245. The molecule has 1 N–H and O–H groups in total. The van der Waals surface area contributed by atoms with E-state index < -0.39 is 0 Å². The molecule has 0 atom stereocenters. The van der Waals surface area contributed by atoms with Crippen molar-refractivity contribution in [2.45, 2.75) is 26.4 Å². The zero-order chi connectivity index (χ0) is 18.1. The molecule has 0 aliphatic rings. The van der Waals surface area contributed by atoms with Gasteiger partial charge in [-0.1, -0.05) is 41.1 Å². The van der Waals surface area contributed by atoms with Gasteiger partial charge in [-0.05, 0) is 17.7 Å². The molecule has 6 nitrogen and oxygen atoms in total. The lowest BCUT2D eigenvalue weighted by Gasteiger charge is -2.22. The van der Waals surface area contributed by atoms with Crippen LogP contribution in [-0.2, 0) is 19.5 Å². The van der Waals surface area contributed by atoms with Gasteiger partial charge in [-0.25, -0.2) is 0 Å². The summed E-state index contributed by atoms with van der Waals surface area (Å²) in [6.45, 7) is 8.73. The summed E-state index contributed by atoms with van der Waals surface area (Å²) in [5.74, 6) is 1.84. The predicted molar refractivity (Wildman–Crippen MR) is 121 cm³/mol.